The highest BCUT2D eigenvalue weighted by Crippen LogP contribution is 2.31. The summed E-state index contributed by atoms with van der Waals surface area (Å²) in [5.74, 6) is 0.586. The first-order valence-electron chi connectivity index (χ1n) is 8.74. The summed E-state index contributed by atoms with van der Waals surface area (Å²) in [4.78, 5) is 12.3. The van der Waals surface area contributed by atoms with Crippen LogP contribution >= 0.6 is 0 Å². The minimum atomic E-state index is -0.399. The largest absolute Gasteiger partial charge is 0.504 e. The van der Waals surface area contributed by atoms with Crippen LogP contribution in [-0.2, 0) is 9.53 Å². The van der Waals surface area contributed by atoms with Gasteiger partial charge in [0.1, 0.15) is 5.76 Å². The Balaban J connectivity index is 1.68. The first-order chi connectivity index (χ1) is 13.1. The van der Waals surface area contributed by atoms with Crippen LogP contribution < -0.4 is 4.74 Å². The van der Waals surface area contributed by atoms with Gasteiger partial charge >= 0.3 is 5.97 Å². The highest BCUT2D eigenvalue weighted by molar-refractivity contribution is 6.05. The van der Waals surface area contributed by atoms with Gasteiger partial charge in [-0.2, -0.15) is 0 Å². The molecule has 1 N–H and O–H groups in total. The van der Waals surface area contributed by atoms with Crippen LogP contribution in [-0.4, -0.2) is 17.7 Å². The van der Waals surface area contributed by atoms with Crippen LogP contribution in [0.2, 0.25) is 0 Å². The Morgan fingerprint density at radius 2 is 1.85 bits per heavy atom. The number of hydrogen-bond donors (Lipinski definition) is 1. The van der Waals surface area contributed by atoms with Crippen molar-refractivity contribution in [1.29, 1.82) is 0 Å². The molecule has 0 bridgehead atoms. The van der Waals surface area contributed by atoms with Crippen LogP contribution in [0.1, 0.15) is 18.1 Å². The lowest BCUT2D eigenvalue weighted by Crippen LogP contribution is -1.97. The van der Waals surface area contributed by atoms with Crippen molar-refractivity contribution in [3.63, 3.8) is 0 Å². The number of carbonyl (C=O) groups is 1. The van der Waals surface area contributed by atoms with Gasteiger partial charge in [0.25, 0.3) is 0 Å². The number of fused-ring (bicyclic) bond motifs is 1. The second kappa shape index (κ2) is 7.00. The van der Waals surface area contributed by atoms with Crippen molar-refractivity contribution in [2.75, 3.05) is 6.61 Å². The molecule has 4 rings (SSSR count). The van der Waals surface area contributed by atoms with E-state index in [4.69, 9.17) is 9.47 Å². The summed E-state index contributed by atoms with van der Waals surface area (Å²) in [6, 6.07) is 19.0. The van der Waals surface area contributed by atoms with E-state index < -0.39 is 5.97 Å². The molecule has 0 spiro atoms. The Kier molecular flexibility index (Phi) is 4.38. The normalized spacial score (nSPS) is 15.1. The highest BCUT2D eigenvalue weighted by Gasteiger charge is 2.22. The predicted molar refractivity (Wildman–Crippen MR) is 105 cm³/mol. The Bertz CT molecular complexity index is 1090. The quantitative estimate of drug-likeness (QED) is 0.531. The van der Waals surface area contributed by atoms with Gasteiger partial charge in [-0.15, -0.1) is 0 Å². The van der Waals surface area contributed by atoms with Gasteiger partial charge in [0, 0.05) is 5.56 Å². The fourth-order valence-electron chi connectivity index (χ4n) is 3.05. The monoisotopic (exact) mass is 358 g/mol. The van der Waals surface area contributed by atoms with Crippen LogP contribution in [0.15, 0.2) is 72.3 Å². The van der Waals surface area contributed by atoms with Crippen molar-refractivity contribution in [3.8, 4) is 11.5 Å². The van der Waals surface area contributed by atoms with Crippen LogP contribution in [0.3, 0.4) is 0 Å². The van der Waals surface area contributed by atoms with Crippen LogP contribution in [0.25, 0.3) is 22.6 Å². The van der Waals surface area contributed by atoms with Gasteiger partial charge in [-0.25, -0.2) is 4.79 Å². The minimum Gasteiger partial charge on any atom is -0.504 e. The topological polar surface area (TPSA) is 55.8 Å². The third-order valence-corrected chi connectivity index (χ3v) is 4.36. The molecule has 0 radical (unpaired) electrons. The van der Waals surface area contributed by atoms with Crippen LogP contribution in [0.5, 0.6) is 11.5 Å². The molecule has 0 aliphatic carbocycles. The van der Waals surface area contributed by atoms with E-state index in [1.165, 1.54) is 0 Å². The van der Waals surface area contributed by atoms with Crippen molar-refractivity contribution in [2.24, 2.45) is 0 Å². The lowest BCUT2D eigenvalue weighted by molar-refractivity contribution is -0.130. The molecule has 0 saturated carbocycles. The molecule has 0 saturated heterocycles. The molecule has 0 aromatic heterocycles. The molecule has 4 heteroatoms. The van der Waals surface area contributed by atoms with Gasteiger partial charge in [-0.1, -0.05) is 42.5 Å². The molecule has 3 aromatic rings. The zero-order chi connectivity index (χ0) is 18.8. The molecule has 27 heavy (non-hydrogen) atoms. The van der Waals surface area contributed by atoms with E-state index >= 15 is 0 Å². The van der Waals surface area contributed by atoms with E-state index in [1.54, 1.807) is 30.4 Å². The van der Waals surface area contributed by atoms with Gasteiger partial charge in [0.2, 0.25) is 0 Å². The first-order valence-corrected chi connectivity index (χ1v) is 8.74. The third kappa shape index (κ3) is 3.42. The average molecular weight is 358 g/mol. The average Bonchev–Trinajstić information content (AvgIpc) is 3.05. The van der Waals surface area contributed by atoms with Gasteiger partial charge in [0.15, 0.2) is 11.5 Å². The molecule has 1 aliphatic heterocycles. The van der Waals surface area contributed by atoms with Gasteiger partial charge in [0.05, 0.1) is 12.2 Å². The van der Waals surface area contributed by atoms with Crippen LogP contribution in [0.4, 0.5) is 0 Å². The van der Waals surface area contributed by atoms with E-state index in [2.05, 4.69) is 0 Å². The Labute approximate surface area is 157 Å². The van der Waals surface area contributed by atoms with E-state index in [1.807, 2.05) is 49.4 Å². The fourth-order valence-corrected chi connectivity index (χ4v) is 3.05. The molecule has 0 atom stereocenters. The number of carbonyl (C=O) groups excluding carboxylic acids is 1. The smallest absolute Gasteiger partial charge is 0.343 e. The molecule has 0 amide bonds. The maximum atomic E-state index is 12.3. The third-order valence-electron chi connectivity index (χ3n) is 4.36. The van der Waals surface area contributed by atoms with Gasteiger partial charge in [-0.3, -0.25) is 0 Å². The number of aromatic hydroxyl groups is 1. The minimum absolute atomic E-state index is 0.0698. The lowest BCUT2D eigenvalue weighted by atomic mass is 10.0. The van der Waals surface area contributed by atoms with Crippen molar-refractivity contribution >= 4 is 28.6 Å². The number of esters is 1. The van der Waals surface area contributed by atoms with Crippen molar-refractivity contribution in [1.82, 2.24) is 0 Å². The molecule has 4 nitrogen and oxygen atoms in total. The summed E-state index contributed by atoms with van der Waals surface area (Å²) in [6.45, 7) is 2.29. The van der Waals surface area contributed by atoms with E-state index in [-0.39, 0.29) is 5.75 Å². The highest BCUT2D eigenvalue weighted by atomic mass is 16.5. The van der Waals surface area contributed by atoms with Gasteiger partial charge < -0.3 is 14.6 Å². The van der Waals surface area contributed by atoms with Gasteiger partial charge in [-0.05, 0) is 53.6 Å². The molecule has 0 fully saturated rings. The fraction of sp³-hybridized carbons (Fsp3) is 0.0870. The lowest BCUT2D eigenvalue weighted by Gasteiger charge is -2.06. The summed E-state index contributed by atoms with van der Waals surface area (Å²) in [7, 11) is 0. The second-order valence-electron chi connectivity index (χ2n) is 6.22. The maximum absolute atomic E-state index is 12.3. The Hall–Kier alpha value is -3.53. The Morgan fingerprint density at radius 1 is 1.04 bits per heavy atom. The summed E-state index contributed by atoms with van der Waals surface area (Å²) >= 11 is 0. The summed E-state index contributed by atoms with van der Waals surface area (Å²) < 4.78 is 10.8. The number of cyclic esters (lactones) is 1. The molecule has 134 valence electrons. The maximum Gasteiger partial charge on any atom is 0.343 e. The van der Waals surface area contributed by atoms with Crippen LogP contribution in [0, 0.1) is 0 Å². The molecule has 1 aliphatic rings. The number of benzene rings is 3. The van der Waals surface area contributed by atoms with E-state index in [9.17, 15) is 9.90 Å². The molecule has 1 heterocycles. The van der Waals surface area contributed by atoms with E-state index in [0.717, 1.165) is 21.9 Å². The summed E-state index contributed by atoms with van der Waals surface area (Å²) in [6.07, 6.45) is 3.46. The predicted octanol–water partition coefficient (Wildman–Crippen LogP) is 4.93. The second-order valence-corrected chi connectivity index (χ2v) is 6.22. The molecular weight excluding hydrogens is 340 g/mol. The zero-order valence-electron chi connectivity index (χ0n) is 14.8. The number of hydrogen-bond acceptors (Lipinski definition) is 4. The summed E-state index contributed by atoms with van der Waals surface area (Å²) in [5, 5.41) is 12.0. The number of rotatable bonds is 4. The number of ether oxygens (including phenoxy) is 2. The molecular formula is C23H18O4. The Morgan fingerprint density at radius 3 is 2.67 bits per heavy atom. The summed E-state index contributed by atoms with van der Waals surface area (Å²) in [5.41, 5.74) is 2.05. The zero-order valence-corrected chi connectivity index (χ0v) is 14.8. The van der Waals surface area contributed by atoms with Crippen molar-refractivity contribution in [3.05, 3.63) is 83.4 Å². The standard InChI is InChI=1S/C23H18O4/c1-2-26-22-12-15(7-10-20(22)24)11-19-14-21(27-23(19)25)18-9-8-16-5-3-4-6-17(16)13-18/h3-14,24H,2H2,1H3/b19-11-. The SMILES string of the molecule is CCOc1cc(/C=C2/C=C(c3ccc4ccccc4c3)OC2=O)ccc1O. The number of phenols is 1. The van der Waals surface area contributed by atoms with E-state index in [0.29, 0.717) is 23.7 Å². The number of phenolic OH excluding ortho intramolecular Hbond substituents is 1. The molecule has 3 aromatic carbocycles. The van der Waals surface area contributed by atoms with Crippen molar-refractivity contribution < 1.29 is 19.4 Å². The van der Waals surface area contributed by atoms with Crippen molar-refractivity contribution in [2.45, 2.75) is 6.92 Å². The molecule has 0 unspecified atom stereocenters. The first kappa shape index (κ1) is 16.9.